The van der Waals surface area contributed by atoms with Gasteiger partial charge in [-0.15, -0.1) is 12.4 Å². The molecule has 0 radical (unpaired) electrons. The Morgan fingerprint density at radius 2 is 1.93 bits per heavy atom. The van der Waals surface area contributed by atoms with Gasteiger partial charge < -0.3 is 15.4 Å². The molecule has 1 aliphatic heterocycles. The lowest BCUT2D eigenvalue weighted by Crippen LogP contribution is -2.28. The Balaban J connectivity index is 0.00000261. The number of piperidine rings is 1. The molecule has 0 atom stereocenters. The Bertz CT molecular complexity index is 747. The predicted octanol–water partition coefficient (Wildman–Crippen LogP) is 2.28. The second-order valence-electron chi connectivity index (χ2n) is 7.04. The molecule has 2 fully saturated rings. The molecule has 27 heavy (non-hydrogen) atoms. The van der Waals surface area contributed by atoms with E-state index in [-0.39, 0.29) is 29.3 Å². The average molecular weight is 418 g/mol. The molecule has 1 aliphatic carbocycles. The monoisotopic (exact) mass is 417 g/mol. The summed E-state index contributed by atoms with van der Waals surface area (Å²) < 4.78 is 32.7. The van der Waals surface area contributed by atoms with Gasteiger partial charge in [-0.3, -0.25) is 4.79 Å². The molecule has 7 nitrogen and oxygen atoms in total. The smallest absolute Gasteiger partial charge is 0.240 e. The number of ether oxygens (including phenoxy) is 1. The van der Waals surface area contributed by atoms with Gasteiger partial charge in [-0.1, -0.05) is 0 Å². The minimum atomic E-state index is -3.57. The van der Waals surface area contributed by atoms with Crippen LogP contribution in [0.25, 0.3) is 0 Å². The molecule has 0 aromatic heterocycles. The zero-order valence-electron chi connectivity index (χ0n) is 15.5. The predicted molar refractivity (Wildman–Crippen MR) is 107 cm³/mol. The summed E-state index contributed by atoms with van der Waals surface area (Å²) >= 11 is 0. The van der Waals surface area contributed by atoms with Gasteiger partial charge in [0.25, 0.3) is 0 Å². The largest absolute Gasteiger partial charge is 0.495 e. The van der Waals surface area contributed by atoms with E-state index in [4.69, 9.17) is 4.74 Å². The summed E-state index contributed by atoms with van der Waals surface area (Å²) in [5.41, 5.74) is 0.390. The first kappa shape index (κ1) is 21.9. The number of carbonyl (C=O) groups is 1. The minimum absolute atomic E-state index is 0. The summed E-state index contributed by atoms with van der Waals surface area (Å²) in [5, 5.41) is 6.13. The van der Waals surface area contributed by atoms with E-state index in [2.05, 4.69) is 15.4 Å². The van der Waals surface area contributed by atoms with E-state index in [0.717, 1.165) is 45.2 Å². The average Bonchev–Trinajstić information content (AvgIpc) is 3.44. The molecule has 9 heteroatoms. The van der Waals surface area contributed by atoms with E-state index in [1.54, 1.807) is 6.07 Å². The first-order valence-corrected chi connectivity index (χ1v) is 10.7. The molecule has 1 aromatic carbocycles. The molecule has 3 N–H and O–H groups in total. The number of nitrogens with one attached hydrogen (secondary N) is 3. The minimum Gasteiger partial charge on any atom is -0.495 e. The van der Waals surface area contributed by atoms with Crippen LogP contribution in [0.15, 0.2) is 23.1 Å². The maximum atomic E-state index is 12.4. The molecule has 3 rings (SSSR count). The Kier molecular flexibility index (Phi) is 7.91. The number of benzene rings is 1. The van der Waals surface area contributed by atoms with Crippen molar-refractivity contribution in [2.24, 2.45) is 5.92 Å². The molecule has 0 unspecified atom stereocenters. The molecule has 152 valence electrons. The zero-order valence-corrected chi connectivity index (χ0v) is 17.1. The number of hydrogen-bond donors (Lipinski definition) is 3. The van der Waals surface area contributed by atoms with Crippen molar-refractivity contribution in [3.63, 3.8) is 0 Å². The number of rotatable bonds is 8. The van der Waals surface area contributed by atoms with Crippen LogP contribution in [0, 0.1) is 5.92 Å². The highest BCUT2D eigenvalue weighted by Crippen LogP contribution is 2.29. The van der Waals surface area contributed by atoms with Gasteiger partial charge in [0, 0.05) is 12.5 Å². The summed E-state index contributed by atoms with van der Waals surface area (Å²) in [5.74, 6) is 0.899. The van der Waals surface area contributed by atoms with Crippen LogP contribution in [0.2, 0.25) is 0 Å². The van der Waals surface area contributed by atoms with Crippen LogP contribution in [-0.2, 0) is 14.8 Å². The molecule has 0 bridgehead atoms. The number of anilines is 1. The van der Waals surface area contributed by atoms with Gasteiger partial charge in [-0.25, -0.2) is 13.1 Å². The molecule has 2 aliphatic rings. The molecular formula is C18H28ClN3O4S. The van der Waals surface area contributed by atoms with Crippen LogP contribution >= 0.6 is 12.4 Å². The molecular weight excluding hydrogens is 390 g/mol. The Morgan fingerprint density at radius 3 is 2.56 bits per heavy atom. The van der Waals surface area contributed by atoms with Crippen LogP contribution in [0.1, 0.15) is 38.5 Å². The molecule has 1 saturated carbocycles. The number of sulfonamides is 1. The van der Waals surface area contributed by atoms with Gasteiger partial charge in [0.05, 0.1) is 17.7 Å². The van der Waals surface area contributed by atoms with Crippen molar-refractivity contribution in [1.29, 1.82) is 0 Å². The fourth-order valence-electron chi connectivity index (χ4n) is 3.16. The van der Waals surface area contributed by atoms with Gasteiger partial charge in [-0.05, 0) is 69.3 Å². The first-order chi connectivity index (χ1) is 12.5. The number of methoxy groups -OCH3 is 1. The maximum Gasteiger partial charge on any atom is 0.240 e. The van der Waals surface area contributed by atoms with Crippen LogP contribution < -0.4 is 20.1 Å². The molecule has 1 heterocycles. The lowest BCUT2D eigenvalue weighted by Gasteiger charge is -2.22. The summed E-state index contributed by atoms with van der Waals surface area (Å²) in [6.07, 6.45) is 5.20. The van der Waals surface area contributed by atoms with E-state index >= 15 is 0 Å². The molecule has 1 saturated heterocycles. The summed E-state index contributed by atoms with van der Waals surface area (Å²) in [6, 6.07) is 4.56. The second-order valence-corrected chi connectivity index (χ2v) is 8.75. The van der Waals surface area contributed by atoms with E-state index in [1.807, 2.05) is 0 Å². The van der Waals surface area contributed by atoms with Crippen LogP contribution in [0.4, 0.5) is 5.69 Å². The lowest BCUT2D eigenvalue weighted by atomic mass is 9.93. The highest BCUT2D eigenvalue weighted by molar-refractivity contribution is 7.89. The van der Waals surface area contributed by atoms with E-state index in [0.29, 0.717) is 23.8 Å². The van der Waals surface area contributed by atoms with Crippen molar-refractivity contribution in [1.82, 2.24) is 10.0 Å². The van der Waals surface area contributed by atoms with E-state index in [9.17, 15) is 13.2 Å². The quantitative estimate of drug-likeness (QED) is 0.603. The van der Waals surface area contributed by atoms with Crippen LogP contribution in [0.5, 0.6) is 5.75 Å². The Hall–Kier alpha value is -1.35. The number of hydrogen-bond acceptors (Lipinski definition) is 5. The van der Waals surface area contributed by atoms with Crippen molar-refractivity contribution in [3.8, 4) is 5.75 Å². The summed E-state index contributed by atoms with van der Waals surface area (Å²) in [6.45, 7) is 2.02. The number of halogens is 1. The van der Waals surface area contributed by atoms with Crippen LogP contribution in [-0.4, -0.2) is 40.6 Å². The normalized spacial score (nSPS) is 17.8. The zero-order chi connectivity index (χ0) is 18.6. The third-order valence-corrected chi connectivity index (χ3v) is 6.41. The lowest BCUT2D eigenvalue weighted by molar-refractivity contribution is -0.116. The van der Waals surface area contributed by atoms with Crippen LogP contribution in [0.3, 0.4) is 0 Å². The van der Waals surface area contributed by atoms with Crippen molar-refractivity contribution in [2.45, 2.75) is 49.5 Å². The van der Waals surface area contributed by atoms with E-state index in [1.165, 1.54) is 19.2 Å². The first-order valence-electron chi connectivity index (χ1n) is 9.19. The number of amides is 1. The molecule has 1 aromatic rings. The standard InChI is InChI=1S/C18H27N3O4S.ClH/c1-25-17-6-5-15(26(23,24)21-14-3-4-14)12-16(17)20-18(22)7-2-13-8-10-19-11-9-13;/h5-6,12-14,19,21H,2-4,7-11H2,1H3,(H,20,22);1H. The van der Waals surface area contributed by atoms with Crippen molar-refractivity contribution in [3.05, 3.63) is 18.2 Å². The van der Waals surface area contributed by atoms with Gasteiger partial charge >= 0.3 is 0 Å². The van der Waals surface area contributed by atoms with Gasteiger partial charge in [-0.2, -0.15) is 0 Å². The van der Waals surface area contributed by atoms with Crippen molar-refractivity contribution in [2.75, 3.05) is 25.5 Å². The topological polar surface area (TPSA) is 96.5 Å². The fourth-order valence-corrected chi connectivity index (χ4v) is 4.49. The number of carbonyl (C=O) groups excluding carboxylic acids is 1. The SMILES string of the molecule is COc1ccc(S(=O)(=O)NC2CC2)cc1NC(=O)CCC1CCNCC1.Cl. The summed E-state index contributed by atoms with van der Waals surface area (Å²) in [4.78, 5) is 12.5. The third-order valence-electron chi connectivity index (χ3n) is 4.89. The fraction of sp³-hybridized carbons (Fsp3) is 0.611. The molecule has 0 spiro atoms. The second kappa shape index (κ2) is 9.73. The highest BCUT2D eigenvalue weighted by atomic mass is 35.5. The third kappa shape index (κ3) is 6.34. The van der Waals surface area contributed by atoms with Gasteiger partial charge in [0.1, 0.15) is 5.75 Å². The van der Waals surface area contributed by atoms with Gasteiger partial charge in [0.2, 0.25) is 15.9 Å². The summed E-state index contributed by atoms with van der Waals surface area (Å²) in [7, 11) is -2.08. The Morgan fingerprint density at radius 1 is 1.22 bits per heavy atom. The Labute approximate surface area is 167 Å². The van der Waals surface area contributed by atoms with E-state index < -0.39 is 10.0 Å². The molecule has 1 amide bonds. The van der Waals surface area contributed by atoms with Gasteiger partial charge in [0.15, 0.2) is 0 Å². The maximum absolute atomic E-state index is 12.4. The van der Waals surface area contributed by atoms with Crippen molar-refractivity contribution < 1.29 is 17.9 Å². The van der Waals surface area contributed by atoms with Crippen molar-refractivity contribution >= 4 is 34.0 Å². The highest BCUT2D eigenvalue weighted by Gasteiger charge is 2.28.